The predicted octanol–water partition coefficient (Wildman–Crippen LogP) is 2.50. The first-order valence-electron chi connectivity index (χ1n) is 9.61. The fraction of sp³-hybridized carbons (Fsp3) is 0.500. The molecule has 2 saturated heterocycles. The van der Waals surface area contributed by atoms with Gasteiger partial charge in [0.05, 0.1) is 18.1 Å². The van der Waals surface area contributed by atoms with E-state index in [1.54, 1.807) is 24.7 Å². The molecule has 0 bridgehead atoms. The van der Waals surface area contributed by atoms with Gasteiger partial charge in [-0.25, -0.2) is 0 Å². The van der Waals surface area contributed by atoms with Crippen molar-refractivity contribution in [3.8, 4) is 6.07 Å². The summed E-state index contributed by atoms with van der Waals surface area (Å²) in [5.41, 5.74) is 1.19. The number of pyridine rings is 1. The number of rotatable bonds is 6. The summed E-state index contributed by atoms with van der Waals surface area (Å²) in [6.07, 6.45) is 3.90. The Balaban J connectivity index is 2.17. The first kappa shape index (κ1) is 21.6. The number of carbonyl (C=O) groups is 1. The maximum absolute atomic E-state index is 12.9. The van der Waals surface area contributed by atoms with Crippen LogP contribution in [0.5, 0.6) is 0 Å². The van der Waals surface area contributed by atoms with Gasteiger partial charge in [-0.3, -0.25) is 19.1 Å². The summed E-state index contributed by atoms with van der Waals surface area (Å²) in [4.78, 5) is 30.0. The second-order valence-corrected chi connectivity index (χ2v) is 8.59. The van der Waals surface area contributed by atoms with Crippen LogP contribution in [0.15, 0.2) is 9.70 Å². The van der Waals surface area contributed by atoms with Crippen LogP contribution in [0.3, 0.4) is 0 Å². The Morgan fingerprint density at radius 2 is 2.00 bits per heavy atom. The number of nitrogens with zero attached hydrogens (tertiary/aromatic N) is 4. The minimum absolute atomic E-state index is 0.121. The van der Waals surface area contributed by atoms with Gasteiger partial charge in [0, 0.05) is 32.3 Å². The first-order valence-corrected chi connectivity index (χ1v) is 10.8. The van der Waals surface area contributed by atoms with Crippen LogP contribution in [0.2, 0.25) is 0 Å². The van der Waals surface area contributed by atoms with Crippen LogP contribution in [-0.2, 0) is 16.1 Å². The number of ether oxygens (including phenoxy) is 1. The molecule has 2 fully saturated rings. The average molecular weight is 433 g/mol. The molecule has 0 aliphatic carbocycles. The molecule has 9 heteroatoms. The van der Waals surface area contributed by atoms with E-state index in [0.29, 0.717) is 34.5 Å². The molecule has 2 aliphatic heterocycles. The fourth-order valence-corrected chi connectivity index (χ4v) is 5.00. The highest BCUT2D eigenvalue weighted by Gasteiger charge is 2.33. The van der Waals surface area contributed by atoms with Gasteiger partial charge in [-0.1, -0.05) is 24.0 Å². The number of carbonyl (C=O) groups excluding carboxylic acids is 1. The molecular weight excluding hydrogens is 408 g/mol. The lowest BCUT2D eigenvalue weighted by atomic mass is 10.0. The molecule has 0 unspecified atom stereocenters. The van der Waals surface area contributed by atoms with E-state index in [9.17, 15) is 14.9 Å². The molecule has 0 spiro atoms. The summed E-state index contributed by atoms with van der Waals surface area (Å²) in [7, 11) is 1.58. The standard InChI is InChI=1S/C20H24N4O3S2/c1-4-23-17(22-7-5-6-8-22)14(13(2)15(12-21)18(23)25)11-16-19(26)24(9-10-27-3)20(28)29-16/h11H,4-10H2,1-3H3/b16-11-. The second kappa shape index (κ2) is 9.11. The van der Waals surface area contributed by atoms with Crippen LogP contribution in [0.25, 0.3) is 6.08 Å². The van der Waals surface area contributed by atoms with Gasteiger partial charge in [0.15, 0.2) is 0 Å². The van der Waals surface area contributed by atoms with Crippen molar-refractivity contribution in [2.75, 3.05) is 38.3 Å². The Morgan fingerprint density at radius 3 is 2.59 bits per heavy atom. The number of methoxy groups -OCH3 is 1. The monoisotopic (exact) mass is 432 g/mol. The molecule has 1 aromatic rings. The highest BCUT2D eigenvalue weighted by molar-refractivity contribution is 8.26. The number of nitriles is 1. The maximum atomic E-state index is 12.9. The zero-order chi connectivity index (χ0) is 21.1. The van der Waals surface area contributed by atoms with Crippen LogP contribution < -0.4 is 10.5 Å². The minimum atomic E-state index is -0.279. The molecule has 2 aliphatic rings. The number of amides is 1. The van der Waals surface area contributed by atoms with Crippen molar-refractivity contribution < 1.29 is 9.53 Å². The van der Waals surface area contributed by atoms with Crippen LogP contribution in [0.1, 0.15) is 36.5 Å². The van der Waals surface area contributed by atoms with E-state index in [-0.39, 0.29) is 17.0 Å². The molecule has 1 aromatic heterocycles. The minimum Gasteiger partial charge on any atom is -0.383 e. The van der Waals surface area contributed by atoms with Crippen molar-refractivity contribution in [1.82, 2.24) is 9.47 Å². The maximum Gasteiger partial charge on any atom is 0.270 e. The number of hydrogen-bond acceptors (Lipinski definition) is 7. The molecule has 0 radical (unpaired) electrons. The average Bonchev–Trinajstić information content (AvgIpc) is 3.31. The van der Waals surface area contributed by atoms with Crippen molar-refractivity contribution in [3.63, 3.8) is 0 Å². The molecule has 0 aromatic carbocycles. The van der Waals surface area contributed by atoms with Crippen molar-refractivity contribution in [2.45, 2.75) is 33.2 Å². The Bertz CT molecular complexity index is 971. The Labute approximate surface area is 179 Å². The number of anilines is 1. The first-order chi connectivity index (χ1) is 13.9. The highest BCUT2D eigenvalue weighted by atomic mass is 32.2. The van der Waals surface area contributed by atoms with E-state index in [2.05, 4.69) is 11.0 Å². The van der Waals surface area contributed by atoms with E-state index in [1.165, 1.54) is 16.7 Å². The Morgan fingerprint density at radius 1 is 1.31 bits per heavy atom. The number of aromatic nitrogens is 1. The SMILES string of the molecule is CCn1c(N2CCCC2)c(/C=C2\SC(=S)N(CCOC)C2=O)c(C)c(C#N)c1=O. The van der Waals surface area contributed by atoms with E-state index in [4.69, 9.17) is 17.0 Å². The topological polar surface area (TPSA) is 78.6 Å². The molecule has 3 heterocycles. The highest BCUT2D eigenvalue weighted by Crippen LogP contribution is 2.36. The quantitative estimate of drug-likeness (QED) is 0.505. The van der Waals surface area contributed by atoms with Crippen molar-refractivity contribution >= 4 is 46.1 Å². The molecule has 7 nitrogen and oxygen atoms in total. The lowest BCUT2D eigenvalue weighted by molar-refractivity contribution is -0.122. The van der Waals surface area contributed by atoms with Gasteiger partial charge in [-0.2, -0.15) is 5.26 Å². The normalized spacial score (nSPS) is 18.2. The number of thiocarbonyl (C=S) groups is 1. The Hall–Kier alpha value is -2.15. The van der Waals surface area contributed by atoms with Crippen molar-refractivity contribution in [3.05, 3.63) is 31.9 Å². The van der Waals surface area contributed by atoms with Gasteiger partial charge in [0.2, 0.25) is 0 Å². The van der Waals surface area contributed by atoms with E-state index in [0.717, 1.165) is 37.3 Å². The number of thioether (sulfide) groups is 1. The third kappa shape index (κ3) is 3.97. The molecule has 0 atom stereocenters. The van der Waals surface area contributed by atoms with Gasteiger partial charge < -0.3 is 9.64 Å². The van der Waals surface area contributed by atoms with Gasteiger partial charge in [-0.15, -0.1) is 0 Å². The molecule has 154 valence electrons. The van der Waals surface area contributed by atoms with Crippen molar-refractivity contribution in [2.24, 2.45) is 0 Å². The lowest BCUT2D eigenvalue weighted by Crippen LogP contribution is -2.33. The van der Waals surface area contributed by atoms with Gasteiger partial charge in [0.1, 0.15) is 21.8 Å². The largest absolute Gasteiger partial charge is 0.383 e. The molecule has 1 amide bonds. The predicted molar refractivity (Wildman–Crippen MR) is 119 cm³/mol. The van der Waals surface area contributed by atoms with Gasteiger partial charge in [-0.05, 0) is 38.3 Å². The lowest BCUT2D eigenvalue weighted by Gasteiger charge is -2.26. The third-order valence-electron chi connectivity index (χ3n) is 5.24. The summed E-state index contributed by atoms with van der Waals surface area (Å²) < 4.78 is 7.21. The third-order valence-corrected chi connectivity index (χ3v) is 6.61. The number of hydrogen-bond donors (Lipinski definition) is 0. The molecule has 29 heavy (non-hydrogen) atoms. The second-order valence-electron chi connectivity index (χ2n) is 6.92. The summed E-state index contributed by atoms with van der Waals surface area (Å²) >= 11 is 6.61. The molecule has 0 N–H and O–H groups in total. The zero-order valence-corrected chi connectivity index (χ0v) is 18.5. The van der Waals surface area contributed by atoms with Gasteiger partial charge >= 0.3 is 0 Å². The van der Waals surface area contributed by atoms with E-state index in [1.807, 2.05) is 6.92 Å². The zero-order valence-electron chi connectivity index (χ0n) is 16.9. The summed E-state index contributed by atoms with van der Waals surface area (Å²) in [6.45, 7) is 6.62. The molecule has 3 rings (SSSR count). The summed E-state index contributed by atoms with van der Waals surface area (Å²) in [6, 6.07) is 2.05. The van der Waals surface area contributed by atoms with Crippen LogP contribution in [0, 0.1) is 18.3 Å². The van der Waals surface area contributed by atoms with Crippen LogP contribution >= 0.6 is 24.0 Å². The smallest absolute Gasteiger partial charge is 0.270 e. The summed E-state index contributed by atoms with van der Waals surface area (Å²) in [5.74, 6) is 0.616. The molecule has 0 saturated carbocycles. The Kier molecular flexibility index (Phi) is 6.77. The van der Waals surface area contributed by atoms with Crippen molar-refractivity contribution in [1.29, 1.82) is 5.26 Å². The molecular formula is C20H24N4O3S2. The summed E-state index contributed by atoms with van der Waals surface area (Å²) in [5, 5.41) is 9.58. The fourth-order valence-electron chi connectivity index (χ4n) is 3.71. The van der Waals surface area contributed by atoms with Crippen LogP contribution in [0.4, 0.5) is 5.82 Å². The van der Waals surface area contributed by atoms with E-state index < -0.39 is 0 Å². The van der Waals surface area contributed by atoms with Crippen LogP contribution in [-0.4, -0.2) is 53.0 Å². The van der Waals surface area contributed by atoms with Gasteiger partial charge in [0.25, 0.3) is 11.5 Å². The van der Waals surface area contributed by atoms with E-state index >= 15 is 0 Å².